The topological polar surface area (TPSA) is 9.23 Å². The smallest absolute Gasteiger partial charge is 0.133 e. The molecule has 3 heteroatoms. The molecule has 1 rings (SSSR count). The Labute approximate surface area is 140 Å². The third kappa shape index (κ3) is 5.40. The van der Waals surface area contributed by atoms with Gasteiger partial charge in [-0.1, -0.05) is 62.0 Å². The molecule has 114 valence electrons. The van der Waals surface area contributed by atoms with Crippen LogP contribution in [0.3, 0.4) is 0 Å². The summed E-state index contributed by atoms with van der Waals surface area (Å²) in [6, 6.07) is 6.46. The van der Waals surface area contributed by atoms with E-state index in [1.165, 1.54) is 31.2 Å². The zero-order valence-electron chi connectivity index (χ0n) is 12.8. The van der Waals surface area contributed by atoms with Gasteiger partial charge in [0.1, 0.15) is 5.75 Å². The molecule has 0 spiro atoms. The van der Waals surface area contributed by atoms with Crippen LogP contribution in [0.2, 0.25) is 0 Å². The van der Waals surface area contributed by atoms with E-state index in [4.69, 9.17) is 4.74 Å². The van der Waals surface area contributed by atoms with Crippen LogP contribution in [0.5, 0.6) is 5.75 Å². The van der Waals surface area contributed by atoms with Crippen molar-refractivity contribution in [2.24, 2.45) is 5.92 Å². The van der Waals surface area contributed by atoms with E-state index in [1.807, 2.05) is 0 Å². The SMILES string of the molecule is CCCCC(CC)C(Br)c1ccc(OCCC)c(Br)c1. The molecule has 0 aliphatic heterocycles. The Bertz CT molecular complexity index is 393. The van der Waals surface area contributed by atoms with Gasteiger partial charge in [0.15, 0.2) is 0 Å². The van der Waals surface area contributed by atoms with Gasteiger partial charge < -0.3 is 4.74 Å². The number of rotatable bonds is 9. The molecule has 1 aromatic rings. The Hall–Kier alpha value is -0.0200. The van der Waals surface area contributed by atoms with Gasteiger partial charge in [0.25, 0.3) is 0 Å². The number of ether oxygens (including phenoxy) is 1. The molecule has 2 unspecified atom stereocenters. The van der Waals surface area contributed by atoms with Crippen LogP contribution in [-0.4, -0.2) is 6.61 Å². The summed E-state index contributed by atoms with van der Waals surface area (Å²) in [5.41, 5.74) is 1.34. The van der Waals surface area contributed by atoms with Gasteiger partial charge in [0, 0.05) is 4.83 Å². The number of alkyl halides is 1. The Morgan fingerprint density at radius 3 is 2.45 bits per heavy atom. The molecule has 1 aromatic carbocycles. The van der Waals surface area contributed by atoms with Crippen LogP contribution >= 0.6 is 31.9 Å². The van der Waals surface area contributed by atoms with Crippen LogP contribution in [0.4, 0.5) is 0 Å². The van der Waals surface area contributed by atoms with Crippen molar-refractivity contribution >= 4 is 31.9 Å². The first-order chi connectivity index (χ1) is 9.63. The molecule has 0 bridgehead atoms. The largest absolute Gasteiger partial charge is 0.492 e. The van der Waals surface area contributed by atoms with E-state index in [1.54, 1.807) is 0 Å². The molecule has 0 aliphatic rings. The molecule has 0 aromatic heterocycles. The molecule has 0 N–H and O–H groups in total. The van der Waals surface area contributed by atoms with E-state index in [2.05, 4.69) is 70.8 Å². The number of benzene rings is 1. The lowest BCUT2D eigenvalue weighted by atomic mass is 9.92. The molecular formula is C17H26Br2O. The van der Waals surface area contributed by atoms with E-state index in [9.17, 15) is 0 Å². The second kappa shape index (κ2) is 9.83. The van der Waals surface area contributed by atoms with Crippen LogP contribution < -0.4 is 4.74 Å². The molecule has 0 fully saturated rings. The van der Waals surface area contributed by atoms with Gasteiger partial charge in [-0.2, -0.15) is 0 Å². The Balaban J connectivity index is 2.76. The Morgan fingerprint density at radius 2 is 1.90 bits per heavy atom. The molecule has 0 radical (unpaired) electrons. The fourth-order valence-electron chi connectivity index (χ4n) is 2.31. The number of halogens is 2. The summed E-state index contributed by atoms with van der Waals surface area (Å²) in [6.45, 7) is 7.43. The van der Waals surface area contributed by atoms with Crippen molar-refractivity contribution < 1.29 is 4.74 Å². The number of hydrogen-bond donors (Lipinski definition) is 0. The van der Waals surface area contributed by atoms with E-state index < -0.39 is 0 Å². The minimum atomic E-state index is 0.426. The van der Waals surface area contributed by atoms with Gasteiger partial charge in [0.05, 0.1) is 11.1 Å². The van der Waals surface area contributed by atoms with Crippen molar-refractivity contribution in [3.8, 4) is 5.75 Å². The van der Waals surface area contributed by atoms with Crippen molar-refractivity contribution in [1.29, 1.82) is 0 Å². The van der Waals surface area contributed by atoms with Crippen molar-refractivity contribution in [2.45, 2.75) is 57.7 Å². The fourth-order valence-corrected chi connectivity index (χ4v) is 3.75. The lowest BCUT2D eigenvalue weighted by molar-refractivity contribution is 0.315. The maximum Gasteiger partial charge on any atom is 0.133 e. The van der Waals surface area contributed by atoms with Crippen molar-refractivity contribution in [2.75, 3.05) is 6.61 Å². The first-order valence-corrected chi connectivity index (χ1v) is 9.41. The minimum absolute atomic E-state index is 0.426. The predicted octanol–water partition coefficient (Wildman–Crippen LogP) is 6.89. The molecule has 0 heterocycles. The molecule has 20 heavy (non-hydrogen) atoms. The zero-order valence-corrected chi connectivity index (χ0v) is 16.0. The first-order valence-electron chi connectivity index (χ1n) is 7.70. The second-order valence-electron chi connectivity index (χ2n) is 5.25. The van der Waals surface area contributed by atoms with Gasteiger partial charge in [-0.05, 0) is 52.4 Å². The summed E-state index contributed by atoms with van der Waals surface area (Å²) in [4.78, 5) is 0.426. The molecule has 2 atom stereocenters. The maximum absolute atomic E-state index is 5.71. The summed E-state index contributed by atoms with van der Waals surface area (Å²) in [5.74, 6) is 1.64. The molecule has 0 saturated carbocycles. The van der Waals surface area contributed by atoms with Crippen LogP contribution in [0.1, 0.15) is 63.3 Å². The van der Waals surface area contributed by atoms with E-state index >= 15 is 0 Å². The summed E-state index contributed by atoms with van der Waals surface area (Å²) in [7, 11) is 0. The predicted molar refractivity (Wildman–Crippen MR) is 94.9 cm³/mol. The molecule has 0 amide bonds. The summed E-state index contributed by atoms with van der Waals surface area (Å²) in [5, 5.41) is 0. The number of unbranched alkanes of at least 4 members (excludes halogenated alkanes) is 1. The van der Waals surface area contributed by atoms with Crippen LogP contribution in [0.15, 0.2) is 22.7 Å². The van der Waals surface area contributed by atoms with Crippen LogP contribution in [0, 0.1) is 5.92 Å². The monoisotopic (exact) mass is 404 g/mol. The van der Waals surface area contributed by atoms with Gasteiger partial charge in [-0.25, -0.2) is 0 Å². The van der Waals surface area contributed by atoms with Crippen molar-refractivity contribution in [3.63, 3.8) is 0 Å². The fraction of sp³-hybridized carbons (Fsp3) is 0.647. The highest BCUT2D eigenvalue weighted by Gasteiger charge is 2.19. The second-order valence-corrected chi connectivity index (χ2v) is 7.09. The highest BCUT2D eigenvalue weighted by atomic mass is 79.9. The highest BCUT2D eigenvalue weighted by molar-refractivity contribution is 9.10. The van der Waals surface area contributed by atoms with Crippen LogP contribution in [-0.2, 0) is 0 Å². The normalized spacial score (nSPS) is 14.1. The number of hydrogen-bond acceptors (Lipinski definition) is 1. The van der Waals surface area contributed by atoms with Gasteiger partial charge in [-0.15, -0.1) is 0 Å². The lowest BCUT2D eigenvalue weighted by Crippen LogP contribution is -2.07. The van der Waals surface area contributed by atoms with Gasteiger partial charge in [-0.3, -0.25) is 0 Å². The van der Waals surface area contributed by atoms with Gasteiger partial charge in [0.2, 0.25) is 0 Å². The van der Waals surface area contributed by atoms with Crippen molar-refractivity contribution in [1.82, 2.24) is 0 Å². The molecule has 0 aliphatic carbocycles. The highest BCUT2D eigenvalue weighted by Crippen LogP contribution is 2.39. The molecule has 1 nitrogen and oxygen atoms in total. The van der Waals surface area contributed by atoms with E-state index in [0.29, 0.717) is 10.7 Å². The lowest BCUT2D eigenvalue weighted by Gasteiger charge is -2.22. The average molecular weight is 406 g/mol. The minimum Gasteiger partial charge on any atom is -0.492 e. The third-order valence-electron chi connectivity index (χ3n) is 3.60. The summed E-state index contributed by atoms with van der Waals surface area (Å²) < 4.78 is 6.76. The Morgan fingerprint density at radius 1 is 1.15 bits per heavy atom. The summed E-state index contributed by atoms with van der Waals surface area (Å²) in [6.07, 6.45) is 6.10. The summed E-state index contributed by atoms with van der Waals surface area (Å²) >= 11 is 7.52. The van der Waals surface area contributed by atoms with Gasteiger partial charge >= 0.3 is 0 Å². The maximum atomic E-state index is 5.71. The Kier molecular flexibility index (Phi) is 8.86. The zero-order chi connectivity index (χ0) is 15.0. The molecular weight excluding hydrogens is 380 g/mol. The van der Waals surface area contributed by atoms with E-state index in [0.717, 1.165) is 23.2 Å². The van der Waals surface area contributed by atoms with E-state index in [-0.39, 0.29) is 0 Å². The van der Waals surface area contributed by atoms with Crippen LogP contribution in [0.25, 0.3) is 0 Å². The molecule has 0 saturated heterocycles. The third-order valence-corrected chi connectivity index (χ3v) is 5.50. The average Bonchev–Trinajstić information content (AvgIpc) is 2.46. The van der Waals surface area contributed by atoms with Crippen molar-refractivity contribution in [3.05, 3.63) is 28.2 Å². The standard InChI is InChI=1S/C17H26Br2O/c1-4-7-8-13(6-3)17(19)14-9-10-16(15(18)12-14)20-11-5-2/h9-10,12-13,17H,4-8,11H2,1-3H3. The quantitative estimate of drug-likeness (QED) is 0.406. The first kappa shape index (κ1) is 18.0.